The molecule has 0 saturated carbocycles. The highest BCUT2D eigenvalue weighted by Crippen LogP contribution is 2.25. The number of methoxy groups -OCH3 is 1. The SMILES string of the molecule is COC1CCCN(c2cc(-n3ncc4c3CC=C(OC(C)C)C=C4)ccn2)C1. The van der Waals surface area contributed by atoms with Gasteiger partial charge >= 0.3 is 0 Å². The van der Waals surface area contributed by atoms with Gasteiger partial charge < -0.3 is 14.4 Å². The minimum absolute atomic E-state index is 0.164. The van der Waals surface area contributed by atoms with Crippen LogP contribution in [0.3, 0.4) is 0 Å². The van der Waals surface area contributed by atoms with Crippen molar-refractivity contribution in [3.63, 3.8) is 0 Å². The lowest BCUT2D eigenvalue weighted by atomic mass is 10.1. The summed E-state index contributed by atoms with van der Waals surface area (Å²) in [6.45, 7) is 5.98. The lowest BCUT2D eigenvalue weighted by Gasteiger charge is -2.32. The maximum Gasteiger partial charge on any atom is 0.130 e. The first-order chi connectivity index (χ1) is 13.6. The van der Waals surface area contributed by atoms with E-state index in [1.54, 1.807) is 7.11 Å². The Bertz CT molecular complexity index is 884. The molecule has 1 fully saturated rings. The number of pyridine rings is 1. The van der Waals surface area contributed by atoms with E-state index in [-0.39, 0.29) is 12.2 Å². The van der Waals surface area contributed by atoms with Gasteiger partial charge in [-0.3, -0.25) is 0 Å². The Kier molecular flexibility index (Phi) is 5.48. The molecule has 0 amide bonds. The van der Waals surface area contributed by atoms with E-state index in [4.69, 9.17) is 9.47 Å². The molecule has 2 aliphatic rings. The summed E-state index contributed by atoms with van der Waals surface area (Å²) in [5, 5.41) is 4.64. The van der Waals surface area contributed by atoms with E-state index in [1.807, 2.05) is 43.1 Å². The summed E-state index contributed by atoms with van der Waals surface area (Å²) < 4.78 is 13.4. The van der Waals surface area contributed by atoms with Crippen LogP contribution in [0.25, 0.3) is 11.8 Å². The molecule has 28 heavy (non-hydrogen) atoms. The van der Waals surface area contributed by atoms with Gasteiger partial charge in [0.05, 0.1) is 29.8 Å². The zero-order valence-electron chi connectivity index (χ0n) is 16.8. The summed E-state index contributed by atoms with van der Waals surface area (Å²) in [6.07, 6.45) is 13.4. The fourth-order valence-corrected chi connectivity index (χ4v) is 3.80. The van der Waals surface area contributed by atoms with Crippen molar-refractivity contribution in [3.8, 4) is 5.69 Å². The number of ether oxygens (including phenoxy) is 2. The normalized spacial score (nSPS) is 19.4. The molecule has 2 aromatic rings. The Labute approximate surface area is 166 Å². The molecule has 6 heteroatoms. The van der Waals surface area contributed by atoms with Crippen LogP contribution in [0.1, 0.15) is 37.9 Å². The first-order valence-corrected chi connectivity index (χ1v) is 10.00. The zero-order chi connectivity index (χ0) is 19.5. The highest BCUT2D eigenvalue weighted by atomic mass is 16.5. The van der Waals surface area contributed by atoms with Crippen molar-refractivity contribution in [2.45, 2.75) is 45.3 Å². The monoisotopic (exact) mass is 380 g/mol. The molecule has 2 aromatic heterocycles. The average Bonchev–Trinajstić information content (AvgIpc) is 3.02. The van der Waals surface area contributed by atoms with Crippen molar-refractivity contribution in [2.75, 3.05) is 25.1 Å². The van der Waals surface area contributed by atoms with Gasteiger partial charge in [0.2, 0.25) is 0 Å². The molecule has 148 valence electrons. The number of aromatic nitrogens is 3. The lowest BCUT2D eigenvalue weighted by Crippen LogP contribution is -2.39. The van der Waals surface area contributed by atoms with Crippen molar-refractivity contribution >= 4 is 11.9 Å². The van der Waals surface area contributed by atoms with Gasteiger partial charge in [0.1, 0.15) is 11.6 Å². The molecule has 6 nitrogen and oxygen atoms in total. The van der Waals surface area contributed by atoms with Gasteiger partial charge in [-0.15, -0.1) is 0 Å². The van der Waals surface area contributed by atoms with Gasteiger partial charge in [-0.25, -0.2) is 9.67 Å². The third kappa shape index (κ3) is 3.97. The summed E-state index contributed by atoms with van der Waals surface area (Å²) in [7, 11) is 1.79. The summed E-state index contributed by atoms with van der Waals surface area (Å²) >= 11 is 0. The third-order valence-electron chi connectivity index (χ3n) is 5.21. The predicted molar refractivity (Wildman–Crippen MR) is 111 cm³/mol. The molecule has 1 aliphatic heterocycles. The van der Waals surface area contributed by atoms with Gasteiger partial charge in [0.15, 0.2) is 0 Å². The van der Waals surface area contributed by atoms with Crippen LogP contribution >= 0.6 is 0 Å². The van der Waals surface area contributed by atoms with Crippen LogP contribution in [0.4, 0.5) is 5.82 Å². The lowest BCUT2D eigenvalue weighted by molar-refractivity contribution is 0.0891. The number of piperidine rings is 1. The first-order valence-electron chi connectivity index (χ1n) is 10.00. The van der Waals surface area contributed by atoms with Crippen LogP contribution in [0.15, 0.2) is 42.4 Å². The average molecular weight is 380 g/mol. The van der Waals surface area contributed by atoms with Crippen molar-refractivity contribution in [1.29, 1.82) is 0 Å². The van der Waals surface area contributed by atoms with E-state index in [9.17, 15) is 0 Å². The van der Waals surface area contributed by atoms with Crippen LogP contribution in [0.5, 0.6) is 0 Å². The van der Waals surface area contributed by atoms with Crippen LogP contribution in [0.2, 0.25) is 0 Å². The highest BCUT2D eigenvalue weighted by Gasteiger charge is 2.21. The van der Waals surface area contributed by atoms with E-state index in [0.29, 0.717) is 0 Å². The number of rotatable bonds is 5. The van der Waals surface area contributed by atoms with Crippen LogP contribution < -0.4 is 4.90 Å². The minimum Gasteiger partial charge on any atom is -0.491 e. The standard InChI is InChI=1S/C22H28N4O2/c1-16(2)28-19-7-6-17-14-24-26(21(17)9-8-19)18-10-11-23-22(13-18)25-12-4-5-20(15-25)27-3/h6-8,10-11,13-14,16,20H,4-5,9,12,15H2,1-3H3. The Hall–Kier alpha value is -2.60. The smallest absolute Gasteiger partial charge is 0.130 e. The quantitative estimate of drug-likeness (QED) is 0.791. The maximum absolute atomic E-state index is 5.85. The van der Waals surface area contributed by atoms with Crippen LogP contribution in [-0.2, 0) is 15.9 Å². The van der Waals surface area contributed by atoms with E-state index in [2.05, 4.69) is 33.2 Å². The summed E-state index contributed by atoms with van der Waals surface area (Å²) in [6, 6.07) is 4.13. The third-order valence-corrected chi connectivity index (χ3v) is 5.21. The number of hydrogen-bond acceptors (Lipinski definition) is 5. The van der Waals surface area contributed by atoms with Gasteiger partial charge in [-0.2, -0.15) is 5.10 Å². The Balaban J connectivity index is 1.60. The van der Waals surface area contributed by atoms with E-state index < -0.39 is 0 Å². The van der Waals surface area contributed by atoms with Gasteiger partial charge in [-0.1, -0.05) is 0 Å². The fraction of sp³-hybridized carbons (Fsp3) is 0.455. The topological polar surface area (TPSA) is 52.4 Å². The molecule has 1 unspecified atom stereocenters. The van der Waals surface area contributed by atoms with E-state index in [0.717, 1.165) is 60.9 Å². The number of nitrogens with zero attached hydrogens (tertiary/aromatic N) is 4. The van der Waals surface area contributed by atoms with Crippen molar-refractivity contribution < 1.29 is 9.47 Å². The molecule has 0 bridgehead atoms. The molecule has 3 heterocycles. The second kappa shape index (κ2) is 8.19. The minimum atomic E-state index is 0.164. The van der Waals surface area contributed by atoms with Gasteiger partial charge in [0.25, 0.3) is 0 Å². The van der Waals surface area contributed by atoms with Crippen molar-refractivity contribution in [3.05, 3.63) is 53.7 Å². The molecule has 0 radical (unpaired) electrons. The molecule has 0 spiro atoms. The van der Waals surface area contributed by atoms with Crippen molar-refractivity contribution in [2.24, 2.45) is 0 Å². The Morgan fingerprint density at radius 3 is 2.96 bits per heavy atom. The molecule has 0 N–H and O–H groups in total. The second-order valence-electron chi connectivity index (χ2n) is 7.59. The molecular formula is C22H28N4O2. The van der Waals surface area contributed by atoms with Gasteiger partial charge in [0, 0.05) is 44.4 Å². The Morgan fingerprint density at radius 2 is 2.14 bits per heavy atom. The first kappa shape index (κ1) is 18.7. The number of hydrogen-bond donors (Lipinski definition) is 0. The summed E-state index contributed by atoms with van der Waals surface area (Å²) in [4.78, 5) is 6.90. The number of fused-ring (bicyclic) bond motifs is 1. The fourth-order valence-electron chi connectivity index (χ4n) is 3.80. The van der Waals surface area contributed by atoms with Crippen LogP contribution in [-0.4, -0.2) is 47.2 Å². The largest absolute Gasteiger partial charge is 0.491 e. The Morgan fingerprint density at radius 1 is 1.25 bits per heavy atom. The second-order valence-corrected chi connectivity index (χ2v) is 7.59. The number of anilines is 1. The predicted octanol–water partition coefficient (Wildman–Crippen LogP) is 3.76. The maximum atomic E-state index is 5.85. The van der Waals surface area contributed by atoms with Gasteiger partial charge in [-0.05, 0) is 51.0 Å². The highest BCUT2D eigenvalue weighted by molar-refractivity contribution is 5.58. The zero-order valence-corrected chi connectivity index (χ0v) is 16.8. The van der Waals surface area contributed by atoms with E-state index in [1.165, 1.54) is 0 Å². The molecule has 4 rings (SSSR count). The molecular weight excluding hydrogens is 352 g/mol. The molecule has 0 aromatic carbocycles. The number of allylic oxidation sites excluding steroid dienone is 2. The van der Waals surface area contributed by atoms with Crippen molar-refractivity contribution in [1.82, 2.24) is 14.8 Å². The molecule has 1 atom stereocenters. The summed E-state index contributed by atoms with van der Waals surface area (Å²) in [5.41, 5.74) is 3.30. The molecule has 1 saturated heterocycles. The van der Waals surface area contributed by atoms with E-state index >= 15 is 0 Å². The summed E-state index contributed by atoms with van der Waals surface area (Å²) in [5.74, 6) is 1.89. The molecule has 1 aliphatic carbocycles. The van der Waals surface area contributed by atoms with Crippen LogP contribution in [0, 0.1) is 0 Å².